The molecule has 1 aromatic rings. The van der Waals surface area contributed by atoms with Crippen LogP contribution in [0.1, 0.15) is 18.9 Å². The number of carbonyl (C=O) groups is 3. The van der Waals surface area contributed by atoms with Crippen molar-refractivity contribution >= 4 is 17.9 Å². The summed E-state index contributed by atoms with van der Waals surface area (Å²) in [5.74, 6) is -3.49. The number of carbonyl (C=O) groups excluding carboxylic acids is 1. The molecular weight excluding hydrogens is 276 g/mol. The van der Waals surface area contributed by atoms with Crippen LogP contribution in [0.5, 0.6) is 5.75 Å². The van der Waals surface area contributed by atoms with Crippen LogP contribution in [0.2, 0.25) is 0 Å². The van der Waals surface area contributed by atoms with Crippen molar-refractivity contribution in [1.82, 2.24) is 0 Å². The fourth-order valence-corrected chi connectivity index (χ4v) is 1.68. The first-order valence-electron chi connectivity index (χ1n) is 6.10. The minimum absolute atomic E-state index is 0.272. The van der Waals surface area contributed by atoms with Crippen LogP contribution in [-0.4, -0.2) is 28.1 Å². The molecule has 2 N–H and O–H groups in total. The summed E-state index contributed by atoms with van der Waals surface area (Å²) in [6, 6.07) is 6.66. The summed E-state index contributed by atoms with van der Waals surface area (Å²) >= 11 is 0. The molecule has 0 radical (unpaired) electrons. The largest absolute Gasteiger partial charge is 0.481 e. The molecule has 0 aliphatic rings. The van der Waals surface area contributed by atoms with Crippen LogP contribution in [0, 0.1) is 12.3 Å². The summed E-state index contributed by atoms with van der Waals surface area (Å²) in [6.45, 7) is 6.17. The zero-order chi connectivity index (χ0) is 16.2. The fraction of sp³-hybridized carbons (Fsp3) is 0.267. The van der Waals surface area contributed by atoms with Crippen LogP contribution in [-0.2, 0) is 14.4 Å². The molecule has 1 rings (SSSR count). The zero-order valence-electron chi connectivity index (χ0n) is 11.8. The number of carboxylic acids is 2. The summed E-state index contributed by atoms with van der Waals surface area (Å²) in [5, 5.41) is 18.1. The minimum atomic E-state index is -1.92. The van der Waals surface area contributed by atoms with Crippen LogP contribution < -0.4 is 4.74 Å². The van der Waals surface area contributed by atoms with E-state index in [1.165, 1.54) is 0 Å². The number of hydrogen-bond donors (Lipinski definition) is 2. The van der Waals surface area contributed by atoms with Crippen LogP contribution >= 0.6 is 0 Å². The monoisotopic (exact) mass is 292 g/mol. The molecular formula is C15H16O6. The van der Waals surface area contributed by atoms with Gasteiger partial charge >= 0.3 is 17.9 Å². The van der Waals surface area contributed by atoms with Gasteiger partial charge < -0.3 is 14.9 Å². The molecule has 0 heterocycles. The first-order chi connectivity index (χ1) is 9.66. The molecule has 1 atom stereocenters. The van der Waals surface area contributed by atoms with Crippen molar-refractivity contribution in [3.8, 4) is 5.75 Å². The lowest BCUT2D eigenvalue weighted by molar-refractivity contribution is -0.153. The molecule has 0 fully saturated rings. The highest BCUT2D eigenvalue weighted by Gasteiger charge is 2.42. The van der Waals surface area contributed by atoms with Crippen molar-refractivity contribution < 1.29 is 29.3 Å². The van der Waals surface area contributed by atoms with Gasteiger partial charge in [-0.15, -0.1) is 0 Å². The Balaban J connectivity index is 2.90. The average molecular weight is 292 g/mol. The second-order valence-electron chi connectivity index (χ2n) is 4.89. The molecule has 112 valence electrons. The molecule has 0 spiro atoms. The predicted octanol–water partition coefficient (Wildman–Crippen LogP) is 2.02. The van der Waals surface area contributed by atoms with Crippen molar-refractivity contribution in [2.24, 2.45) is 5.41 Å². The van der Waals surface area contributed by atoms with Crippen molar-refractivity contribution in [2.45, 2.75) is 20.3 Å². The van der Waals surface area contributed by atoms with Gasteiger partial charge in [-0.1, -0.05) is 18.7 Å². The maximum Gasteiger partial charge on any atom is 0.332 e. The lowest BCUT2D eigenvalue weighted by Crippen LogP contribution is -2.36. The van der Waals surface area contributed by atoms with Crippen molar-refractivity contribution in [2.75, 3.05) is 0 Å². The summed E-state index contributed by atoms with van der Waals surface area (Å²) < 4.78 is 5.03. The number of hydrogen-bond acceptors (Lipinski definition) is 4. The van der Waals surface area contributed by atoms with E-state index in [1.54, 1.807) is 18.2 Å². The van der Waals surface area contributed by atoms with Gasteiger partial charge in [0.05, 0.1) is 6.42 Å². The third kappa shape index (κ3) is 3.92. The quantitative estimate of drug-likeness (QED) is 0.472. The van der Waals surface area contributed by atoms with E-state index < -0.39 is 35.3 Å². The first kappa shape index (κ1) is 16.4. The Morgan fingerprint density at radius 3 is 2.38 bits per heavy atom. The van der Waals surface area contributed by atoms with Crippen LogP contribution in [0.4, 0.5) is 0 Å². The Labute approximate surface area is 121 Å². The Morgan fingerprint density at radius 2 is 1.90 bits per heavy atom. The van der Waals surface area contributed by atoms with E-state index >= 15 is 0 Å². The summed E-state index contributed by atoms with van der Waals surface area (Å²) in [7, 11) is 0. The highest BCUT2D eigenvalue weighted by atomic mass is 16.5. The SMILES string of the molecule is C=C(C(=O)O)C(C)(CC(=O)Oc1cccc(C)c1)C(=O)O. The van der Waals surface area contributed by atoms with Gasteiger partial charge in [0.2, 0.25) is 0 Å². The summed E-state index contributed by atoms with van der Waals surface area (Å²) in [5.41, 5.74) is -1.63. The highest BCUT2D eigenvalue weighted by Crippen LogP contribution is 2.31. The molecule has 6 nitrogen and oxygen atoms in total. The Hall–Kier alpha value is -2.63. The Bertz CT molecular complexity index is 604. The summed E-state index contributed by atoms with van der Waals surface area (Å²) in [6.07, 6.45) is -0.624. The molecule has 21 heavy (non-hydrogen) atoms. The third-order valence-electron chi connectivity index (χ3n) is 3.12. The molecule has 0 bridgehead atoms. The van der Waals surface area contributed by atoms with Gasteiger partial charge in [-0.2, -0.15) is 0 Å². The van der Waals surface area contributed by atoms with E-state index in [1.807, 2.05) is 13.0 Å². The van der Waals surface area contributed by atoms with Crippen LogP contribution in [0.25, 0.3) is 0 Å². The van der Waals surface area contributed by atoms with Gasteiger partial charge in [-0.05, 0) is 31.5 Å². The number of carboxylic acid groups (broad SMARTS) is 2. The molecule has 0 saturated heterocycles. The smallest absolute Gasteiger partial charge is 0.332 e. The Kier molecular flexibility index (Phi) is 4.86. The van der Waals surface area contributed by atoms with Gasteiger partial charge in [-0.25, -0.2) is 4.79 Å². The first-order valence-corrected chi connectivity index (χ1v) is 6.10. The van der Waals surface area contributed by atoms with Gasteiger partial charge in [-0.3, -0.25) is 9.59 Å². The third-order valence-corrected chi connectivity index (χ3v) is 3.12. The van der Waals surface area contributed by atoms with Gasteiger partial charge in [0.15, 0.2) is 0 Å². The predicted molar refractivity (Wildman–Crippen MR) is 73.9 cm³/mol. The lowest BCUT2D eigenvalue weighted by Gasteiger charge is -2.23. The highest BCUT2D eigenvalue weighted by molar-refractivity contribution is 5.98. The second kappa shape index (κ2) is 6.21. The molecule has 0 aromatic heterocycles. The maximum absolute atomic E-state index is 11.9. The molecule has 6 heteroatoms. The topological polar surface area (TPSA) is 101 Å². The maximum atomic E-state index is 11.9. The number of esters is 1. The van der Waals surface area contributed by atoms with E-state index in [4.69, 9.17) is 9.84 Å². The van der Waals surface area contributed by atoms with Crippen LogP contribution in [0.15, 0.2) is 36.4 Å². The molecule has 1 unspecified atom stereocenters. The fourth-order valence-electron chi connectivity index (χ4n) is 1.68. The Morgan fingerprint density at radius 1 is 1.29 bits per heavy atom. The average Bonchev–Trinajstić information content (AvgIpc) is 2.36. The van der Waals surface area contributed by atoms with Gasteiger partial charge in [0.25, 0.3) is 0 Å². The van der Waals surface area contributed by atoms with E-state index in [2.05, 4.69) is 6.58 Å². The number of aryl methyl sites for hydroxylation is 1. The molecule has 0 aliphatic heterocycles. The zero-order valence-corrected chi connectivity index (χ0v) is 11.8. The van der Waals surface area contributed by atoms with Gasteiger partial charge in [0, 0.05) is 5.57 Å². The van der Waals surface area contributed by atoms with Gasteiger partial charge in [0.1, 0.15) is 11.2 Å². The molecule has 0 amide bonds. The number of ether oxygens (including phenoxy) is 1. The van der Waals surface area contributed by atoms with E-state index in [9.17, 15) is 19.5 Å². The number of rotatable bonds is 6. The van der Waals surface area contributed by atoms with Crippen molar-refractivity contribution in [1.29, 1.82) is 0 Å². The molecule has 0 aliphatic carbocycles. The number of benzene rings is 1. The van der Waals surface area contributed by atoms with E-state index in [-0.39, 0.29) is 5.75 Å². The van der Waals surface area contributed by atoms with E-state index in [0.717, 1.165) is 12.5 Å². The second-order valence-corrected chi connectivity index (χ2v) is 4.89. The summed E-state index contributed by atoms with van der Waals surface area (Å²) in [4.78, 5) is 34.0. The normalized spacial score (nSPS) is 13.0. The molecule has 0 saturated carbocycles. The van der Waals surface area contributed by atoms with Crippen molar-refractivity contribution in [3.05, 3.63) is 42.0 Å². The number of aliphatic carboxylic acids is 2. The minimum Gasteiger partial charge on any atom is -0.481 e. The van der Waals surface area contributed by atoms with Crippen LogP contribution in [0.3, 0.4) is 0 Å². The standard InChI is InChI=1S/C15H16O6/c1-9-5-4-6-11(7-9)21-12(16)8-15(3,14(19)20)10(2)13(17)18/h4-7H,2,8H2,1,3H3,(H,17,18)(H,19,20). The van der Waals surface area contributed by atoms with E-state index in [0.29, 0.717) is 0 Å². The van der Waals surface area contributed by atoms with Crippen molar-refractivity contribution in [3.63, 3.8) is 0 Å². The molecule has 1 aromatic carbocycles. The lowest BCUT2D eigenvalue weighted by atomic mass is 9.80.